The van der Waals surface area contributed by atoms with Crippen LogP contribution in [0.2, 0.25) is 5.02 Å². The van der Waals surface area contributed by atoms with Gasteiger partial charge in [-0.05, 0) is 31.0 Å². The van der Waals surface area contributed by atoms with Crippen LogP contribution in [0.25, 0.3) is 0 Å². The number of carbonyl (C=O) groups excluding carboxylic acids is 1. The average Bonchev–Trinajstić information content (AvgIpc) is 2.46. The molecule has 3 N–H and O–H groups in total. The van der Waals surface area contributed by atoms with Crippen LogP contribution < -0.4 is 20.5 Å². The van der Waals surface area contributed by atoms with Crippen molar-refractivity contribution in [2.24, 2.45) is 11.7 Å². The molecule has 0 radical (unpaired) electrons. The maximum absolute atomic E-state index is 11.8. The van der Waals surface area contributed by atoms with Gasteiger partial charge in [0.05, 0.1) is 5.02 Å². The topological polar surface area (TPSA) is 73.6 Å². The minimum atomic E-state index is -0.200. The Kier molecular flexibility index (Phi) is 5.31. The molecule has 0 saturated carbocycles. The number of rotatable bonds is 5. The molecule has 0 aliphatic carbocycles. The molecule has 0 bridgehead atoms. The number of fused-ring (bicyclic) bond motifs is 1. The molecule has 0 saturated heterocycles. The van der Waals surface area contributed by atoms with Gasteiger partial charge in [0.1, 0.15) is 13.2 Å². The SMILES string of the molecule is CC(N)C(C)C(=O)NCCc1cc(Cl)c2c(c1)OCCO2. The third kappa shape index (κ3) is 4.02. The maximum Gasteiger partial charge on any atom is 0.224 e. The Hall–Kier alpha value is -1.46. The number of carbonyl (C=O) groups is 1. The van der Waals surface area contributed by atoms with Crippen molar-refractivity contribution in [3.8, 4) is 11.5 Å². The van der Waals surface area contributed by atoms with Crippen LogP contribution in [0.15, 0.2) is 12.1 Å². The fraction of sp³-hybridized carbons (Fsp3) is 0.533. The molecule has 21 heavy (non-hydrogen) atoms. The zero-order chi connectivity index (χ0) is 15.4. The maximum atomic E-state index is 11.8. The Morgan fingerprint density at radius 3 is 2.81 bits per heavy atom. The number of halogens is 1. The predicted molar refractivity (Wildman–Crippen MR) is 82.0 cm³/mol. The normalized spacial score (nSPS) is 16.2. The van der Waals surface area contributed by atoms with E-state index in [0.717, 1.165) is 5.56 Å². The number of hydrogen-bond acceptors (Lipinski definition) is 4. The minimum Gasteiger partial charge on any atom is -0.486 e. The number of hydrogen-bond donors (Lipinski definition) is 2. The number of nitrogens with one attached hydrogen (secondary N) is 1. The van der Waals surface area contributed by atoms with Gasteiger partial charge in [0.2, 0.25) is 5.91 Å². The van der Waals surface area contributed by atoms with E-state index in [2.05, 4.69) is 5.32 Å². The fourth-order valence-electron chi connectivity index (χ4n) is 2.04. The summed E-state index contributed by atoms with van der Waals surface area (Å²) >= 11 is 6.17. The molecule has 1 aromatic rings. The first-order valence-corrected chi connectivity index (χ1v) is 7.48. The van der Waals surface area contributed by atoms with Crippen molar-refractivity contribution >= 4 is 17.5 Å². The molecule has 5 nitrogen and oxygen atoms in total. The lowest BCUT2D eigenvalue weighted by Gasteiger charge is -2.20. The summed E-state index contributed by atoms with van der Waals surface area (Å²) in [4.78, 5) is 11.8. The average molecular weight is 313 g/mol. The van der Waals surface area contributed by atoms with Crippen LogP contribution in [0.3, 0.4) is 0 Å². The monoisotopic (exact) mass is 312 g/mol. The first-order chi connectivity index (χ1) is 9.99. The third-order valence-corrected chi connectivity index (χ3v) is 3.85. The van der Waals surface area contributed by atoms with Crippen molar-refractivity contribution in [2.75, 3.05) is 19.8 Å². The summed E-state index contributed by atoms with van der Waals surface area (Å²) in [6.07, 6.45) is 0.674. The molecule has 0 aromatic heterocycles. The molecule has 0 spiro atoms. The standard InChI is InChI=1S/C15H21ClN2O3/c1-9(10(2)17)15(19)18-4-3-11-7-12(16)14-13(8-11)20-5-6-21-14/h7-10H,3-6,17H2,1-2H3,(H,18,19). The highest BCUT2D eigenvalue weighted by Crippen LogP contribution is 2.38. The molecular weight excluding hydrogens is 292 g/mol. The van der Waals surface area contributed by atoms with E-state index in [-0.39, 0.29) is 17.9 Å². The highest BCUT2D eigenvalue weighted by Gasteiger charge is 2.18. The van der Waals surface area contributed by atoms with Gasteiger partial charge in [0, 0.05) is 18.5 Å². The van der Waals surface area contributed by atoms with Gasteiger partial charge in [0.25, 0.3) is 0 Å². The molecule has 1 heterocycles. The molecular formula is C15H21ClN2O3. The Morgan fingerprint density at radius 2 is 2.10 bits per heavy atom. The zero-order valence-electron chi connectivity index (χ0n) is 12.3. The van der Waals surface area contributed by atoms with Crippen LogP contribution in [0.1, 0.15) is 19.4 Å². The van der Waals surface area contributed by atoms with E-state index in [1.807, 2.05) is 26.0 Å². The quantitative estimate of drug-likeness (QED) is 0.869. The summed E-state index contributed by atoms with van der Waals surface area (Å²) in [5.74, 6) is 1.03. The molecule has 1 aromatic carbocycles. The Bertz CT molecular complexity index is 520. The van der Waals surface area contributed by atoms with Crippen molar-refractivity contribution in [3.05, 3.63) is 22.7 Å². The lowest BCUT2D eigenvalue weighted by atomic mass is 10.0. The van der Waals surface area contributed by atoms with E-state index >= 15 is 0 Å². The van der Waals surface area contributed by atoms with Gasteiger partial charge in [-0.2, -0.15) is 0 Å². The molecule has 1 aliphatic heterocycles. The van der Waals surface area contributed by atoms with E-state index in [0.29, 0.717) is 42.7 Å². The lowest BCUT2D eigenvalue weighted by molar-refractivity contribution is -0.124. The van der Waals surface area contributed by atoms with E-state index in [1.54, 1.807) is 0 Å². The molecule has 1 aliphatic rings. The number of amides is 1. The van der Waals surface area contributed by atoms with Crippen molar-refractivity contribution in [1.29, 1.82) is 0 Å². The van der Waals surface area contributed by atoms with Gasteiger partial charge < -0.3 is 20.5 Å². The molecule has 1 amide bonds. The smallest absolute Gasteiger partial charge is 0.224 e. The number of benzene rings is 1. The van der Waals surface area contributed by atoms with Crippen LogP contribution in [0, 0.1) is 5.92 Å². The van der Waals surface area contributed by atoms with Crippen LogP contribution in [0.5, 0.6) is 11.5 Å². The first-order valence-electron chi connectivity index (χ1n) is 7.10. The summed E-state index contributed by atoms with van der Waals surface area (Å²) < 4.78 is 11.0. The Labute approximate surface area is 129 Å². The summed E-state index contributed by atoms with van der Waals surface area (Å²) in [7, 11) is 0. The highest BCUT2D eigenvalue weighted by atomic mass is 35.5. The minimum absolute atomic E-state index is 0.0337. The molecule has 2 unspecified atom stereocenters. The van der Waals surface area contributed by atoms with Crippen molar-refractivity contribution < 1.29 is 14.3 Å². The highest BCUT2D eigenvalue weighted by molar-refractivity contribution is 6.32. The predicted octanol–water partition coefficient (Wildman–Crippen LogP) is 1.75. The molecule has 2 atom stereocenters. The number of ether oxygens (including phenoxy) is 2. The van der Waals surface area contributed by atoms with E-state index in [1.165, 1.54) is 0 Å². The van der Waals surface area contributed by atoms with Crippen LogP contribution >= 0.6 is 11.6 Å². The summed E-state index contributed by atoms with van der Waals surface area (Å²) in [6.45, 7) is 5.21. The Morgan fingerprint density at radius 1 is 1.38 bits per heavy atom. The molecule has 6 heteroatoms. The van der Waals surface area contributed by atoms with E-state index in [9.17, 15) is 4.79 Å². The van der Waals surface area contributed by atoms with Crippen molar-refractivity contribution in [1.82, 2.24) is 5.32 Å². The van der Waals surface area contributed by atoms with Crippen LogP contribution in [0.4, 0.5) is 0 Å². The summed E-state index contributed by atoms with van der Waals surface area (Å²) in [5, 5.41) is 3.42. The van der Waals surface area contributed by atoms with Crippen molar-refractivity contribution in [2.45, 2.75) is 26.3 Å². The van der Waals surface area contributed by atoms with Gasteiger partial charge in [-0.3, -0.25) is 4.79 Å². The number of nitrogens with two attached hydrogens (primary N) is 1. The first kappa shape index (κ1) is 15.9. The van der Waals surface area contributed by atoms with Crippen molar-refractivity contribution in [3.63, 3.8) is 0 Å². The molecule has 2 rings (SSSR count). The Balaban J connectivity index is 1.92. The lowest BCUT2D eigenvalue weighted by Crippen LogP contribution is -2.39. The van der Waals surface area contributed by atoms with Gasteiger partial charge >= 0.3 is 0 Å². The van der Waals surface area contributed by atoms with Gasteiger partial charge in [-0.15, -0.1) is 0 Å². The van der Waals surface area contributed by atoms with E-state index < -0.39 is 0 Å². The molecule has 116 valence electrons. The zero-order valence-corrected chi connectivity index (χ0v) is 13.1. The summed E-state index contributed by atoms with van der Waals surface area (Å²) in [5.41, 5.74) is 6.71. The fourth-order valence-corrected chi connectivity index (χ4v) is 2.33. The van der Waals surface area contributed by atoms with Crippen LogP contribution in [-0.4, -0.2) is 31.7 Å². The van der Waals surface area contributed by atoms with Gasteiger partial charge in [-0.25, -0.2) is 0 Å². The van der Waals surface area contributed by atoms with Crippen LogP contribution in [-0.2, 0) is 11.2 Å². The largest absolute Gasteiger partial charge is 0.486 e. The van der Waals surface area contributed by atoms with Gasteiger partial charge in [0.15, 0.2) is 11.5 Å². The second-order valence-electron chi connectivity index (χ2n) is 5.29. The second kappa shape index (κ2) is 7.00. The summed E-state index contributed by atoms with van der Waals surface area (Å²) in [6, 6.07) is 3.59. The third-order valence-electron chi connectivity index (χ3n) is 3.57. The van der Waals surface area contributed by atoms with Gasteiger partial charge in [-0.1, -0.05) is 18.5 Å². The molecule has 0 fully saturated rings. The van der Waals surface area contributed by atoms with E-state index in [4.69, 9.17) is 26.8 Å². The second-order valence-corrected chi connectivity index (χ2v) is 5.70.